The monoisotopic (exact) mass is 341 g/mol. The van der Waals surface area contributed by atoms with Crippen LogP contribution >= 0.6 is 0 Å². The third kappa shape index (κ3) is 3.97. The summed E-state index contributed by atoms with van der Waals surface area (Å²) < 4.78 is 1.84. The molecule has 0 bridgehead atoms. The van der Waals surface area contributed by atoms with Crippen LogP contribution in [-0.2, 0) is 0 Å². The molecule has 2 aromatic heterocycles. The van der Waals surface area contributed by atoms with Crippen molar-refractivity contribution >= 4 is 5.65 Å². The van der Waals surface area contributed by atoms with Crippen molar-refractivity contribution in [3.05, 3.63) is 79.3 Å². The maximum Gasteiger partial charge on any atom is 0.162 e. The Hall–Kier alpha value is -3.42. The van der Waals surface area contributed by atoms with E-state index in [2.05, 4.69) is 46.2 Å². The third-order valence-corrected chi connectivity index (χ3v) is 3.80. The predicted molar refractivity (Wildman–Crippen MR) is 104 cm³/mol. The van der Waals surface area contributed by atoms with E-state index in [-0.39, 0.29) is 6.61 Å². The average Bonchev–Trinajstić information content (AvgIpc) is 3.14. The van der Waals surface area contributed by atoms with Crippen molar-refractivity contribution in [1.82, 2.24) is 14.6 Å². The van der Waals surface area contributed by atoms with Gasteiger partial charge in [-0.1, -0.05) is 66.6 Å². The van der Waals surface area contributed by atoms with Gasteiger partial charge in [-0.15, -0.1) is 5.92 Å². The molecule has 2 aromatic carbocycles. The second-order valence-electron chi connectivity index (χ2n) is 5.49. The summed E-state index contributed by atoms with van der Waals surface area (Å²) in [6.45, 7) is 1.67. The number of fused-ring (bicyclic) bond motifs is 1. The van der Waals surface area contributed by atoms with E-state index in [1.54, 1.807) is 6.92 Å². The Kier molecular flexibility index (Phi) is 5.76. The minimum atomic E-state index is -0.0174. The van der Waals surface area contributed by atoms with Crippen LogP contribution in [0.2, 0.25) is 0 Å². The quantitative estimate of drug-likeness (QED) is 0.559. The van der Waals surface area contributed by atoms with Gasteiger partial charge in [-0.25, -0.2) is 9.50 Å². The second kappa shape index (κ2) is 8.61. The van der Waals surface area contributed by atoms with Crippen LogP contribution in [0.1, 0.15) is 6.92 Å². The molecule has 26 heavy (non-hydrogen) atoms. The molecule has 0 aliphatic heterocycles. The Morgan fingerprint density at radius 2 is 1.54 bits per heavy atom. The lowest BCUT2D eigenvalue weighted by molar-refractivity contribution is 0.350. The zero-order valence-electron chi connectivity index (χ0n) is 14.5. The zero-order chi connectivity index (χ0) is 18.2. The van der Waals surface area contributed by atoms with Crippen LogP contribution < -0.4 is 0 Å². The van der Waals surface area contributed by atoms with Gasteiger partial charge in [0.15, 0.2) is 5.65 Å². The molecule has 0 amide bonds. The van der Waals surface area contributed by atoms with Crippen LogP contribution in [0.4, 0.5) is 0 Å². The van der Waals surface area contributed by atoms with Crippen LogP contribution in [0.25, 0.3) is 27.9 Å². The maximum atomic E-state index is 7.89. The molecule has 0 unspecified atom stereocenters. The fraction of sp³-hybridized carbons (Fsp3) is 0.0909. The lowest BCUT2D eigenvalue weighted by Gasteiger charge is -2.02. The highest BCUT2D eigenvalue weighted by Gasteiger charge is 2.08. The molecule has 0 aliphatic carbocycles. The van der Waals surface area contributed by atoms with E-state index < -0.39 is 0 Å². The van der Waals surface area contributed by atoms with Gasteiger partial charge in [-0.3, -0.25) is 0 Å². The van der Waals surface area contributed by atoms with E-state index in [0.29, 0.717) is 0 Å². The summed E-state index contributed by atoms with van der Waals surface area (Å²) in [4.78, 5) is 4.59. The summed E-state index contributed by atoms with van der Waals surface area (Å²) in [6.07, 6.45) is 5.79. The Labute approximate surface area is 152 Å². The van der Waals surface area contributed by atoms with E-state index in [1.807, 2.05) is 59.5 Å². The van der Waals surface area contributed by atoms with Gasteiger partial charge in [0.1, 0.15) is 6.61 Å². The fourth-order valence-electron chi connectivity index (χ4n) is 2.55. The van der Waals surface area contributed by atoms with E-state index in [9.17, 15) is 0 Å². The van der Waals surface area contributed by atoms with Gasteiger partial charge in [0, 0.05) is 23.5 Å². The molecular formula is C22H19N3O. The van der Waals surface area contributed by atoms with Crippen LogP contribution in [0.5, 0.6) is 0 Å². The first-order chi connectivity index (χ1) is 12.8. The highest BCUT2D eigenvalue weighted by Crippen LogP contribution is 2.25. The Balaban J connectivity index is 0.000000349. The molecule has 0 spiro atoms. The minimum Gasteiger partial charge on any atom is -0.384 e. The summed E-state index contributed by atoms with van der Waals surface area (Å²) >= 11 is 0. The number of nitrogens with zero attached hydrogens (tertiary/aromatic N) is 3. The molecule has 128 valence electrons. The zero-order valence-corrected chi connectivity index (χ0v) is 14.5. The minimum absolute atomic E-state index is 0.0174. The van der Waals surface area contributed by atoms with Crippen molar-refractivity contribution in [2.75, 3.05) is 6.61 Å². The number of aromatic nitrogens is 3. The van der Waals surface area contributed by atoms with Crippen LogP contribution in [0.15, 0.2) is 79.3 Å². The second-order valence-corrected chi connectivity index (χ2v) is 5.49. The molecule has 4 rings (SSSR count). The van der Waals surface area contributed by atoms with E-state index in [0.717, 1.165) is 27.9 Å². The smallest absolute Gasteiger partial charge is 0.162 e. The van der Waals surface area contributed by atoms with E-state index >= 15 is 0 Å². The standard InChI is InChI=1S/C18H13N3.C4H6O/c1-3-7-14(8-4-1)16-11-19-18-17(12-20-21(18)13-16)15-9-5-2-6-10-15;1-2-3-4-5/h1-13H;5H,4H2,1H3. The Morgan fingerprint density at radius 1 is 0.885 bits per heavy atom. The third-order valence-electron chi connectivity index (χ3n) is 3.80. The molecule has 0 radical (unpaired) electrons. The average molecular weight is 341 g/mol. The van der Waals surface area contributed by atoms with Crippen LogP contribution in [0, 0.1) is 11.8 Å². The lowest BCUT2D eigenvalue weighted by atomic mass is 10.1. The topological polar surface area (TPSA) is 50.4 Å². The summed E-state index contributed by atoms with van der Waals surface area (Å²) in [5.74, 6) is 4.93. The predicted octanol–water partition coefficient (Wildman–Crippen LogP) is 4.07. The first-order valence-electron chi connectivity index (χ1n) is 8.28. The van der Waals surface area contributed by atoms with E-state index in [1.165, 1.54) is 0 Å². The summed E-state index contributed by atoms with van der Waals surface area (Å²) in [7, 11) is 0. The van der Waals surface area contributed by atoms with E-state index in [4.69, 9.17) is 5.11 Å². The number of benzene rings is 2. The molecule has 0 aliphatic rings. The van der Waals surface area contributed by atoms with Gasteiger partial charge in [0.25, 0.3) is 0 Å². The Bertz CT molecular complexity index is 1030. The Morgan fingerprint density at radius 3 is 2.12 bits per heavy atom. The largest absolute Gasteiger partial charge is 0.384 e. The lowest BCUT2D eigenvalue weighted by Crippen LogP contribution is -1.91. The summed E-state index contributed by atoms with van der Waals surface area (Å²) in [5, 5.41) is 12.3. The first-order valence-corrected chi connectivity index (χ1v) is 8.28. The molecule has 1 N–H and O–H groups in total. The first kappa shape index (κ1) is 17.4. The maximum absolute atomic E-state index is 7.89. The molecule has 0 saturated carbocycles. The number of aliphatic hydroxyl groups excluding tert-OH is 1. The van der Waals surface area contributed by atoms with Crippen molar-refractivity contribution in [1.29, 1.82) is 0 Å². The number of hydrogen-bond donors (Lipinski definition) is 1. The molecule has 4 nitrogen and oxygen atoms in total. The molecule has 4 heteroatoms. The van der Waals surface area contributed by atoms with Crippen molar-refractivity contribution in [2.45, 2.75) is 6.92 Å². The van der Waals surface area contributed by atoms with Crippen molar-refractivity contribution in [3.63, 3.8) is 0 Å². The van der Waals surface area contributed by atoms with Gasteiger partial charge in [-0.2, -0.15) is 5.10 Å². The van der Waals surface area contributed by atoms with Crippen molar-refractivity contribution < 1.29 is 5.11 Å². The molecule has 2 heterocycles. The van der Waals surface area contributed by atoms with Crippen LogP contribution in [0.3, 0.4) is 0 Å². The van der Waals surface area contributed by atoms with Gasteiger partial charge >= 0.3 is 0 Å². The number of rotatable bonds is 2. The highest BCUT2D eigenvalue weighted by molar-refractivity contribution is 5.77. The molecular weight excluding hydrogens is 322 g/mol. The van der Waals surface area contributed by atoms with Crippen molar-refractivity contribution in [2.24, 2.45) is 0 Å². The molecule has 4 aromatic rings. The normalized spacial score (nSPS) is 9.77. The van der Waals surface area contributed by atoms with Crippen molar-refractivity contribution in [3.8, 4) is 34.1 Å². The number of aliphatic hydroxyl groups is 1. The number of hydrogen-bond acceptors (Lipinski definition) is 3. The van der Waals surface area contributed by atoms with Gasteiger partial charge in [0.05, 0.1) is 6.20 Å². The van der Waals surface area contributed by atoms with Gasteiger partial charge < -0.3 is 5.11 Å². The summed E-state index contributed by atoms with van der Waals surface area (Å²) in [6, 6.07) is 20.4. The summed E-state index contributed by atoms with van der Waals surface area (Å²) in [5.41, 5.74) is 5.26. The van der Waals surface area contributed by atoms with Gasteiger partial charge in [0.2, 0.25) is 0 Å². The molecule has 0 saturated heterocycles. The molecule has 0 atom stereocenters. The molecule has 0 fully saturated rings. The fourth-order valence-corrected chi connectivity index (χ4v) is 2.55. The SMILES string of the molecule is CC#CCO.c1ccc(-c2cnc3c(-c4ccccc4)cnn3c2)cc1. The van der Waals surface area contributed by atoms with Crippen LogP contribution in [-0.4, -0.2) is 26.3 Å². The van der Waals surface area contributed by atoms with Gasteiger partial charge in [-0.05, 0) is 18.1 Å². The highest BCUT2D eigenvalue weighted by atomic mass is 16.2.